The van der Waals surface area contributed by atoms with E-state index in [0.29, 0.717) is 11.4 Å². The summed E-state index contributed by atoms with van der Waals surface area (Å²) in [6.07, 6.45) is 0.0798. The third kappa shape index (κ3) is 1.95. The molecular weight excluding hydrogens is 214 g/mol. The van der Waals surface area contributed by atoms with Gasteiger partial charge in [0.05, 0.1) is 6.07 Å². The first kappa shape index (κ1) is 10.0. The van der Waals surface area contributed by atoms with Crippen molar-refractivity contribution in [3.63, 3.8) is 0 Å². The predicted octanol–water partition coefficient (Wildman–Crippen LogP) is 2.47. The fourth-order valence-electron chi connectivity index (χ4n) is 1.60. The van der Waals surface area contributed by atoms with Crippen molar-refractivity contribution in [2.75, 3.05) is 0 Å². The smallest absolute Gasteiger partial charge is 0.324 e. The van der Waals surface area contributed by atoms with Crippen LogP contribution >= 0.6 is 11.6 Å². The third-order valence-electron chi connectivity index (χ3n) is 2.37. The molecule has 4 heteroatoms. The van der Waals surface area contributed by atoms with Crippen LogP contribution in [0.4, 0.5) is 0 Å². The van der Waals surface area contributed by atoms with Crippen LogP contribution < -0.4 is 0 Å². The summed E-state index contributed by atoms with van der Waals surface area (Å²) < 4.78 is 5.09. The molecule has 76 valence electrons. The highest BCUT2D eigenvalue weighted by molar-refractivity contribution is 6.30. The van der Waals surface area contributed by atoms with Gasteiger partial charge in [-0.2, -0.15) is 5.26 Å². The predicted molar refractivity (Wildman–Crippen MR) is 54.0 cm³/mol. The summed E-state index contributed by atoms with van der Waals surface area (Å²) in [6, 6.07) is 9.06. The highest BCUT2D eigenvalue weighted by Crippen LogP contribution is 2.33. The van der Waals surface area contributed by atoms with E-state index >= 15 is 0 Å². The lowest BCUT2D eigenvalue weighted by molar-refractivity contribution is -0.143. The molecule has 1 aromatic carbocycles. The number of carbonyl (C=O) groups excluding carboxylic acids is 1. The Hall–Kier alpha value is -1.53. The van der Waals surface area contributed by atoms with Gasteiger partial charge in [-0.05, 0) is 17.7 Å². The summed E-state index contributed by atoms with van der Waals surface area (Å²) in [7, 11) is 0. The highest BCUT2D eigenvalue weighted by atomic mass is 35.5. The molecule has 0 aromatic heterocycles. The number of hydrogen-bond acceptors (Lipinski definition) is 3. The van der Waals surface area contributed by atoms with Crippen LogP contribution in [-0.2, 0) is 9.53 Å². The second kappa shape index (κ2) is 3.92. The quantitative estimate of drug-likeness (QED) is 0.685. The Morgan fingerprint density at radius 1 is 1.53 bits per heavy atom. The minimum atomic E-state index is -0.644. The van der Waals surface area contributed by atoms with Crippen LogP contribution in [0.2, 0.25) is 5.02 Å². The van der Waals surface area contributed by atoms with Crippen LogP contribution in [0.1, 0.15) is 18.1 Å². The third-order valence-corrected chi connectivity index (χ3v) is 2.60. The second-order valence-corrected chi connectivity index (χ2v) is 3.83. The fraction of sp³-hybridized carbons (Fsp3) is 0.273. The molecule has 15 heavy (non-hydrogen) atoms. The number of rotatable bonds is 1. The van der Waals surface area contributed by atoms with Crippen molar-refractivity contribution in [3.8, 4) is 6.07 Å². The normalized spacial score (nSPS) is 24.7. The minimum Gasteiger partial charge on any atom is -0.456 e. The maximum Gasteiger partial charge on any atom is 0.324 e. The van der Waals surface area contributed by atoms with E-state index in [1.54, 1.807) is 18.2 Å². The Morgan fingerprint density at radius 2 is 2.33 bits per heavy atom. The average Bonchev–Trinajstić information content (AvgIpc) is 2.60. The zero-order valence-electron chi connectivity index (χ0n) is 7.81. The molecule has 0 amide bonds. The first-order valence-corrected chi connectivity index (χ1v) is 4.94. The monoisotopic (exact) mass is 221 g/mol. The molecule has 1 fully saturated rings. The van der Waals surface area contributed by atoms with Crippen LogP contribution in [0, 0.1) is 17.2 Å². The van der Waals surface area contributed by atoms with Gasteiger partial charge in [-0.25, -0.2) is 0 Å². The number of esters is 1. The van der Waals surface area contributed by atoms with E-state index in [1.807, 2.05) is 12.1 Å². The van der Waals surface area contributed by atoms with Crippen molar-refractivity contribution in [1.29, 1.82) is 5.26 Å². The first-order chi connectivity index (χ1) is 7.20. The molecular formula is C11H8ClNO2. The number of ether oxygens (including phenoxy) is 1. The largest absolute Gasteiger partial charge is 0.456 e. The van der Waals surface area contributed by atoms with E-state index in [-0.39, 0.29) is 6.10 Å². The molecule has 1 aliphatic heterocycles. The molecule has 0 spiro atoms. The van der Waals surface area contributed by atoms with E-state index in [9.17, 15) is 4.79 Å². The number of nitriles is 1. The van der Waals surface area contributed by atoms with Gasteiger partial charge in [0, 0.05) is 11.4 Å². The number of halogens is 1. The Labute approximate surface area is 92.2 Å². The minimum absolute atomic E-state index is 0.333. The molecule has 0 saturated carbocycles. The van der Waals surface area contributed by atoms with Crippen molar-refractivity contribution in [2.24, 2.45) is 5.92 Å². The molecule has 0 N–H and O–H groups in total. The van der Waals surface area contributed by atoms with E-state index in [1.165, 1.54) is 0 Å². The van der Waals surface area contributed by atoms with Gasteiger partial charge >= 0.3 is 5.97 Å². The van der Waals surface area contributed by atoms with Gasteiger partial charge in [0.25, 0.3) is 0 Å². The summed E-state index contributed by atoms with van der Waals surface area (Å²) in [5.74, 6) is -1.09. The number of benzene rings is 1. The number of carbonyl (C=O) groups is 1. The molecule has 1 aliphatic rings. The molecule has 1 saturated heterocycles. The van der Waals surface area contributed by atoms with Gasteiger partial charge in [-0.3, -0.25) is 4.79 Å². The van der Waals surface area contributed by atoms with E-state index in [2.05, 4.69) is 0 Å². The molecule has 1 heterocycles. The number of hydrogen-bond donors (Lipinski definition) is 0. The zero-order valence-corrected chi connectivity index (χ0v) is 8.57. The molecule has 3 nitrogen and oxygen atoms in total. The number of nitrogens with zero attached hydrogens (tertiary/aromatic N) is 1. The Morgan fingerprint density at radius 3 is 2.93 bits per heavy atom. The lowest BCUT2D eigenvalue weighted by Crippen LogP contribution is -2.03. The Bertz CT molecular complexity index is 438. The molecule has 0 bridgehead atoms. The summed E-state index contributed by atoms with van der Waals surface area (Å²) in [4.78, 5) is 11.2. The molecule has 0 aliphatic carbocycles. The maximum absolute atomic E-state index is 11.2. The van der Waals surface area contributed by atoms with Gasteiger partial charge in [-0.15, -0.1) is 0 Å². The van der Waals surface area contributed by atoms with Gasteiger partial charge in [0.2, 0.25) is 0 Å². The van der Waals surface area contributed by atoms with E-state index < -0.39 is 11.9 Å². The zero-order chi connectivity index (χ0) is 10.8. The fourth-order valence-corrected chi connectivity index (χ4v) is 1.80. The first-order valence-electron chi connectivity index (χ1n) is 4.56. The SMILES string of the molecule is N#CC1CC(c2cccc(Cl)c2)OC1=O. The van der Waals surface area contributed by atoms with Crippen molar-refractivity contribution >= 4 is 17.6 Å². The molecule has 2 rings (SSSR count). The molecule has 0 radical (unpaired) electrons. The lowest BCUT2D eigenvalue weighted by atomic mass is 10.0. The van der Waals surface area contributed by atoms with Gasteiger partial charge in [0.15, 0.2) is 0 Å². The lowest BCUT2D eigenvalue weighted by Gasteiger charge is -2.08. The summed E-state index contributed by atoms with van der Waals surface area (Å²) >= 11 is 5.82. The van der Waals surface area contributed by atoms with Gasteiger partial charge in [-0.1, -0.05) is 23.7 Å². The Kier molecular flexibility index (Phi) is 2.61. The summed E-state index contributed by atoms with van der Waals surface area (Å²) in [5.41, 5.74) is 0.841. The van der Waals surface area contributed by atoms with E-state index in [4.69, 9.17) is 21.6 Å². The molecule has 2 atom stereocenters. The van der Waals surface area contributed by atoms with Crippen LogP contribution in [0.5, 0.6) is 0 Å². The topological polar surface area (TPSA) is 50.1 Å². The second-order valence-electron chi connectivity index (χ2n) is 3.40. The van der Waals surface area contributed by atoms with Crippen molar-refractivity contribution in [2.45, 2.75) is 12.5 Å². The van der Waals surface area contributed by atoms with Crippen molar-refractivity contribution in [3.05, 3.63) is 34.9 Å². The highest BCUT2D eigenvalue weighted by Gasteiger charge is 2.35. The van der Waals surface area contributed by atoms with Crippen LogP contribution in [0.3, 0.4) is 0 Å². The molecule has 2 unspecified atom stereocenters. The maximum atomic E-state index is 11.2. The van der Waals surface area contributed by atoms with Crippen molar-refractivity contribution in [1.82, 2.24) is 0 Å². The van der Waals surface area contributed by atoms with Crippen molar-refractivity contribution < 1.29 is 9.53 Å². The van der Waals surface area contributed by atoms with Crippen LogP contribution in [0.15, 0.2) is 24.3 Å². The van der Waals surface area contributed by atoms with Gasteiger partial charge < -0.3 is 4.74 Å². The average molecular weight is 222 g/mol. The summed E-state index contributed by atoms with van der Waals surface area (Å²) in [5, 5.41) is 9.28. The molecule has 1 aromatic rings. The van der Waals surface area contributed by atoms with Crippen LogP contribution in [0.25, 0.3) is 0 Å². The Balaban J connectivity index is 2.21. The van der Waals surface area contributed by atoms with Gasteiger partial charge in [0.1, 0.15) is 12.0 Å². The standard InChI is InChI=1S/C11H8ClNO2/c12-9-3-1-2-7(4-9)10-5-8(6-13)11(14)15-10/h1-4,8,10H,5H2. The van der Waals surface area contributed by atoms with E-state index in [0.717, 1.165) is 5.56 Å². The number of cyclic esters (lactones) is 1. The van der Waals surface area contributed by atoms with Crippen LogP contribution in [-0.4, -0.2) is 5.97 Å². The summed E-state index contributed by atoms with van der Waals surface area (Å²) in [6.45, 7) is 0.